The molecule has 5 nitrogen and oxygen atoms in total. The molecular weight excluding hydrogens is 206 g/mol. The third kappa shape index (κ3) is 1.79. The standard InChI is InChI=1S/C11H13N3O2/c1-15-9-4-3-8(5-10(9)16-2)14-6-11(12)13-7-14/h3-7H,12H2,1-2H3. The summed E-state index contributed by atoms with van der Waals surface area (Å²) in [5.41, 5.74) is 6.47. The third-order valence-electron chi connectivity index (χ3n) is 2.27. The first-order valence-corrected chi connectivity index (χ1v) is 4.76. The molecule has 0 aliphatic heterocycles. The van der Waals surface area contributed by atoms with Crippen molar-refractivity contribution in [3.05, 3.63) is 30.7 Å². The van der Waals surface area contributed by atoms with Gasteiger partial charge in [0.1, 0.15) is 12.1 Å². The van der Waals surface area contributed by atoms with Gasteiger partial charge in [-0.3, -0.25) is 0 Å². The molecule has 0 fully saturated rings. The number of hydrogen-bond acceptors (Lipinski definition) is 4. The lowest BCUT2D eigenvalue weighted by molar-refractivity contribution is 0.355. The number of nitrogens with two attached hydrogens (primary N) is 1. The summed E-state index contributed by atoms with van der Waals surface area (Å²) in [4.78, 5) is 3.96. The number of benzene rings is 1. The number of aromatic nitrogens is 2. The van der Waals surface area contributed by atoms with Crippen LogP contribution in [0.3, 0.4) is 0 Å². The molecule has 5 heteroatoms. The molecule has 1 aromatic carbocycles. The summed E-state index contributed by atoms with van der Waals surface area (Å²) in [5.74, 6) is 1.85. The van der Waals surface area contributed by atoms with Crippen molar-refractivity contribution >= 4 is 5.82 Å². The molecule has 0 radical (unpaired) electrons. The number of ether oxygens (including phenoxy) is 2. The minimum absolute atomic E-state index is 0.481. The van der Waals surface area contributed by atoms with Crippen LogP contribution in [0.15, 0.2) is 30.7 Å². The van der Waals surface area contributed by atoms with Crippen LogP contribution >= 0.6 is 0 Å². The van der Waals surface area contributed by atoms with Crippen molar-refractivity contribution in [2.24, 2.45) is 0 Å². The molecule has 0 aliphatic carbocycles. The fourth-order valence-electron chi connectivity index (χ4n) is 1.46. The van der Waals surface area contributed by atoms with E-state index in [2.05, 4.69) is 4.98 Å². The Morgan fingerprint density at radius 2 is 1.94 bits per heavy atom. The molecule has 1 aromatic heterocycles. The van der Waals surface area contributed by atoms with Crippen LogP contribution in [0.4, 0.5) is 5.82 Å². The Hall–Kier alpha value is -2.17. The van der Waals surface area contributed by atoms with Gasteiger partial charge in [-0.25, -0.2) is 4.98 Å². The number of imidazole rings is 1. The summed E-state index contributed by atoms with van der Waals surface area (Å²) in [6.07, 6.45) is 3.39. The average molecular weight is 219 g/mol. The number of rotatable bonds is 3. The molecular formula is C11H13N3O2. The van der Waals surface area contributed by atoms with Gasteiger partial charge in [0.2, 0.25) is 0 Å². The van der Waals surface area contributed by atoms with E-state index in [0.717, 1.165) is 5.69 Å². The summed E-state index contributed by atoms with van der Waals surface area (Å²) in [5, 5.41) is 0. The van der Waals surface area contributed by atoms with Crippen LogP contribution in [-0.2, 0) is 0 Å². The van der Waals surface area contributed by atoms with Gasteiger partial charge in [-0.15, -0.1) is 0 Å². The number of hydrogen-bond donors (Lipinski definition) is 1. The Morgan fingerprint density at radius 1 is 1.19 bits per heavy atom. The van der Waals surface area contributed by atoms with Crippen LogP contribution in [0.25, 0.3) is 5.69 Å². The van der Waals surface area contributed by atoms with Crippen LogP contribution in [-0.4, -0.2) is 23.8 Å². The minimum Gasteiger partial charge on any atom is -0.493 e. The SMILES string of the molecule is COc1ccc(-n2cnc(N)c2)cc1OC. The molecule has 16 heavy (non-hydrogen) atoms. The van der Waals surface area contributed by atoms with E-state index in [1.165, 1.54) is 0 Å². The zero-order valence-electron chi connectivity index (χ0n) is 9.18. The van der Waals surface area contributed by atoms with Crippen molar-refractivity contribution in [2.45, 2.75) is 0 Å². The number of methoxy groups -OCH3 is 2. The topological polar surface area (TPSA) is 62.3 Å². The fourth-order valence-corrected chi connectivity index (χ4v) is 1.46. The van der Waals surface area contributed by atoms with Gasteiger partial charge in [0.15, 0.2) is 11.5 Å². The molecule has 2 N–H and O–H groups in total. The lowest BCUT2D eigenvalue weighted by Gasteiger charge is -2.09. The predicted molar refractivity (Wildman–Crippen MR) is 61.1 cm³/mol. The van der Waals surface area contributed by atoms with Crippen LogP contribution < -0.4 is 15.2 Å². The molecule has 0 spiro atoms. The highest BCUT2D eigenvalue weighted by atomic mass is 16.5. The average Bonchev–Trinajstić information content (AvgIpc) is 2.75. The molecule has 2 aromatic rings. The van der Waals surface area contributed by atoms with Crippen LogP contribution in [0.1, 0.15) is 0 Å². The quantitative estimate of drug-likeness (QED) is 0.849. The van der Waals surface area contributed by atoms with Crippen LogP contribution in [0, 0.1) is 0 Å². The van der Waals surface area contributed by atoms with Crippen LogP contribution in [0.2, 0.25) is 0 Å². The van der Waals surface area contributed by atoms with Gasteiger partial charge in [0, 0.05) is 6.07 Å². The van der Waals surface area contributed by atoms with E-state index in [0.29, 0.717) is 17.3 Å². The van der Waals surface area contributed by atoms with Gasteiger partial charge in [-0.05, 0) is 12.1 Å². The van der Waals surface area contributed by atoms with Gasteiger partial charge < -0.3 is 19.8 Å². The normalized spacial score (nSPS) is 10.1. The Kier molecular flexibility index (Phi) is 2.68. The predicted octanol–water partition coefficient (Wildman–Crippen LogP) is 1.47. The first-order valence-electron chi connectivity index (χ1n) is 4.76. The first kappa shape index (κ1) is 10.4. The number of anilines is 1. The highest BCUT2D eigenvalue weighted by Gasteiger charge is 2.05. The van der Waals surface area contributed by atoms with Crippen molar-refractivity contribution in [1.29, 1.82) is 0 Å². The Balaban J connectivity index is 2.43. The second kappa shape index (κ2) is 4.14. The summed E-state index contributed by atoms with van der Waals surface area (Å²) >= 11 is 0. The van der Waals surface area contributed by atoms with Gasteiger partial charge >= 0.3 is 0 Å². The Bertz CT molecular complexity index is 494. The second-order valence-electron chi connectivity index (χ2n) is 3.25. The summed E-state index contributed by atoms with van der Waals surface area (Å²) < 4.78 is 12.2. The Labute approximate surface area is 93.4 Å². The smallest absolute Gasteiger partial charge is 0.162 e. The maximum absolute atomic E-state index is 5.55. The maximum Gasteiger partial charge on any atom is 0.162 e. The summed E-state index contributed by atoms with van der Waals surface area (Å²) in [6, 6.07) is 5.60. The van der Waals surface area contributed by atoms with E-state index in [9.17, 15) is 0 Å². The lowest BCUT2D eigenvalue weighted by atomic mass is 10.2. The molecule has 0 bridgehead atoms. The first-order chi connectivity index (χ1) is 7.74. The molecule has 1 heterocycles. The molecule has 0 atom stereocenters. The third-order valence-corrected chi connectivity index (χ3v) is 2.27. The number of nitrogens with zero attached hydrogens (tertiary/aromatic N) is 2. The van der Waals surface area contributed by atoms with E-state index >= 15 is 0 Å². The molecule has 84 valence electrons. The molecule has 2 rings (SSSR count). The van der Waals surface area contributed by atoms with Gasteiger partial charge in [-0.1, -0.05) is 0 Å². The monoisotopic (exact) mass is 219 g/mol. The van der Waals surface area contributed by atoms with E-state index in [4.69, 9.17) is 15.2 Å². The molecule has 0 aliphatic rings. The van der Waals surface area contributed by atoms with E-state index in [1.54, 1.807) is 26.7 Å². The number of nitrogen functional groups attached to an aromatic ring is 1. The largest absolute Gasteiger partial charge is 0.493 e. The highest BCUT2D eigenvalue weighted by molar-refractivity contribution is 5.49. The fraction of sp³-hybridized carbons (Fsp3) is 0.182. The van der Waals surface area contributed by atoms with Crippen molar-refractivity contribution in [3.8, 4) is 17.2 Å². The van der Waals surface area contributed by atoms with Crippen molar-refractivity contribution in [3.63, 3.8) is 0 Å². The van der Waals surface area contributed by atoms with Gasteiger partial charge in [0.05, 0.1) is 26.1 Å². The molecule has 0 saturated carbocycles. The molecule has 0 unspecified atom stereocenters. The zero-order chi connectivity index (χ0) is 11.5. The summed E-state index contributed by atoms with van der Waals surface area (Å²) in [7, 11) is 3.20. The Morgan fingerprint density at radius 3 is 2.50 bits per heavy atom. The van der Waals surface area contributed by atoms with Gasteiger partial charge in [-0.2, -0.15) is 0 Å². The van der Waals surface area contributed by atoms with E-state index < -0.39 is 0 Å². The maximum atomic E-state index is 5.55. The van der Waals surface area contributed by atoms with Crippen molar-refractivity contribution in [2.75, 3.05) is 20.0 Å². The van der Waals surface area contributed by atoms with E-state index in [-0.39, 0.29) is 0 Å². The van der Waals surface area contributed by atoms with Crippen LogP contribution in [0.5, 0.6) is 11.5 Å². The van der Waals surface area contributed by atoms with E-state index in [1.807, 2.05) is 22.8 Å². The molecule has 0 saturated heterocycles. The van der Waals surface area contributed by atoms with Gasteiger partial charge in [0.25, 0.3) is 0 Å². The second-order valence-corrected chi connectivity index (χ2v) is 3.25. The summed E-state index contributed by atoms with van der Waals surface area (Å²) in [6.45, 7) is 0. The minimum atomic E-state index is 0.481. The lowest BCUT2D eigenvalue weighted by Crippen LogP contribution is -1.94. The van der Waals surface area contributed by atoms with Crippen molar-refractivity contribution in [1.82, 2.24) is 9.55 Å². The highest BCUT2D eigenvalue weighted by Crippen LogP contribution is 2.29. The zero-order valence-corrected chi connectivity index (χ0v) is 9.18. The molecule has 0 amide bonds. The van der Waals surface area contributed by atoms with Crippen molar-refractivity contribution < 1.29 is 9.47 Å².